The number of benzene rings is 2. The maximum atomic E-state index is 13.3. The van der Waals surface area contributed by atoms with Crippen molar-refractivity contribution in [3.05, 3.63) is 63.8 Å². The SMILES string of the molecule is COc1cccc(OC)c1-n1c(NSCCc2ccc(F)cc2Br)nnc1-c1nccs1. The Kier molecular flexibility index (Phi) is 7.28. The van der Waals surface area contributed by atoms with E-state index in [1.54, 1.807) is 26.5 Å². The lowest BCUT2D eigenvalue weighted by molar-refractivity contribution is 0.391. The minimum Gasteiger partial charge on any atom is -0.494 e. The van der Waals surface area contributed by atoms with Crippen LogP contribution in [0.3, 0.4) is 0 Å². The quantitative estimate of drug-likeness (QED) is 0.220. The molecule has 1 N–H and O–H groups in total. The maximum Gasteiger partial charge on any atom is 0.239 e. The Morgan fingerprint density at radius 1 is 1.16 bits per heavy atom. The normalized spacial score (nSPS) is 10.9. The van der Waals surface area contributed by atoms with E-state index < -0.39 is 0 Å². The van der Waals surface area contributed by atoms with Crippen LogP contribution in [0.5, 0.6) is 11.5 Å². The summed E-state index contributed by atoms with van der Waals surface area (Å²) in [5.74, 6) is 2.79. The molecule has 0 saturated heterocycles. The number of para-hydroxylation sites is 1. The summed E-state index contributed by atoms with van der Waals surface area (Å²) in [6, 6.07) is 10.3. The number of anilines is 1. The van der Waals surface area contributed by atoms with Gasteiger partial charge >= 0.3 is 0 Å². The second-order valence-corrected chi connectivity index (χ2v) is 9.12. The number of thiazole rings is 1. The molecule has 0 aliphatic carbocycles. The van der Waals surface area contributed by atoms with Crippen LogP contribution in [-0.4, -0.2) is 39.7 Å². The van der Waals surface area contributed by atoms with Crippen LogP contribution in [0, 0.1) is 5.82 Å². The lowest BCUT2D eigenvalue weighted by Crippen LogP contribution is -2.07. The van der Waals surface area contributed by atoms with E-state index in [1.807, 2.05) is 28.1 Å². The molecule has 2 heterocycles. The highest BCUT2D eigenvalue weighted by Gasteiger charge is 2.23. The van der Waals surface area contributed by atoms with E-state index in [1.165, 1.54) is 35.4 Å². The third-order valence-electron chi connectivity index (χ3n) is 4.56. The highest BCUT2D eigenvalue weighted by atomic mass is 79.9. The highest BCUT2D eigenvalue weighted by Crippen LogP contribution is 2.38. The Morgan fingerprint density at radius 2 is 1.94 bits per heavy atom. The number of hydrogen-bond acceptors (Lipinski definition) is 8. The molecule has 0 bridgehead atoms. The topological polar surface area (TPSA) is 74.1 Å². The summed E-state index contributed by atoms with van der Waals surface area (Å²) >= 11 is 6.35. The van der Waals surface area contributed by atoms with Gasteiger partial charge in [-0.3, -0.25) is 9.29 Å². The number of hydrogen-bond donors (Lipinski definition) is 1. The van der Waals surface area contributed by atoms with Crippen LogP contribution in [0.15, 0.2) is 52.4 Å². The smallest absolute Gasteiger partial charge is 0.239 e. The van der Waals surface area contributed by atoms with Gasteiger partial charge in [-0.15, -0.1) is 21.5 Å². The van der Waals surface area contributed by atoms with Crippen LogP contribution in [-0.2, 0) is 6.42 Å². The van der Waals surface area contributed by atoms with Gasteiger partial charge in [0.05, 0.1) is 14.2 Å². The molecule has 32 heavy (non-hydrogen) atoms. The van der Waals surface area contributed by atoms with Gasteiger partial charge in [0, 0.05) is 21.8 Å². The van der Waals surface area contributed by atoms with Crippen LogP contribution in [0.4, 0.5) is 10.3 Å². The van der Waals surface area contributed by atoms with Gasteiger partial charge in [0.25, 0.3) is 0 Å². The van der Waals surface area contributed by atoms with Crippen LogP contribution >= 0.6 is 39.2 Å². The van der Waals surface area contributed by atoms with Crippen LogP contribution < -0.4 is 14.2 Å². The van der Waals surface area contributed by atoms with Crippen molar-refractivity contribution in [1.29, 1.82) is 0 Å². The predicted octanol–water partition coefficient (Wildman–Crippen LogP) is 5.61. The number of nitrogens with one attached hydrogen (secondary N) is 1. The summed E-state index contributed by atoms with van der Waals surface area (Å²) in [6.45, 7) is 0. The second kappa shape index (κ2) is 10.3. The number of aromatic nitrogens is 4. The van der Waals surface area contributed by atoms with Gasteiger partial charge in [0.15, 0.2) is 10.8 Å². The monoisotopic (exact) mass is 535 g/mol. The number of nitrogens with zero attached hydrogens (tertiary/aromatic N) is 4. The number of ether oxygens (including phenoxy) is 2. The number of rotatable bonds is 9. The standard InChI is InChI=1S/C21H19BrFN5O2S2/c1-29-16-4-3-5-17(30-2)18(16)28-19(20-24-9-11-31-20)25-26-21(28)27-32-10-8-13-6-7-14(23)12-15(13)22/h3-7,9,11-12H,8,10H2,1-2H3,(H,26,27). The Balaban J connectivity index is 1.62. The minimum atomic E-state index is -0.264. The lowest BCUT2D eigenvalue weighted by atomic mass is 10.2. The molecular formula is C21H19BrFN5O2S2. The molecule has 4 aromatic rings. The molecule has 0 amide bonds. The first-order valence-electron chi connectivity index (χ1n) is 9.50. The van der Waals surface area contributed by atoms with E-state index >= 15 is 0 Å². The summed E-state index contributed by atoms with van der Waals surface area (Å²) in [4.78, 5) is 4.39. The van der Waals surface area contributed by atoms with Gasteiger partial charge in [-0.05, 0) is 48.2 Å². The van der Waals surface area contributed by atoms with Crippen molar-refractivity contribution < 1.29 is 13.9 Å². The lowest BCUT2D eigenvalue weighted by Gasteiger charge is -2.17. The molecule has 0 atom stereocenters. The molecule has 7 nitrogen and oxygen atoms in total. The largest absolute Gasteiger partial charge is 0.494 e. The van der Waals surface area contributed by atoms with Gasteiger partial charge in [0.2, 0.25) is 5.95 Å². The van der Waals surface area contributed by atoms with Gasteiger partial charge in [0.1, 0.15) is 23.0 Å². The Morgan fingerprint density at radius 3 is 2.59 bits per heavy atom. The summed E-state index contributed by atoms with van der Waals surface area (Å²) < 4.78 is 30.4. The molecule has 0 aliphatic rings. The zero-order valence-electron chi connectivity index (χ0n) is 17.2. The van der Waals surface area contributed by atoms with Crippen molar-refractivity contribution in [2.24, 2.45) is 0 Å². The fourth-order valence-corrected chi connectivity index (χ4v) is 4.93. The summed E-state index contributed by atoms with van der Waals surface area (Å²) in [5, 5.41) is 11.3. The predicted molar refractivity (Wildman–Crippen MR) is 129 cm³/mol. The van der Waals surface area contributed by atoms with Gasteiger partial charge in [-0.2, -0.15) is 0 Å². The fraction of sp³-hybridized carbons (Fsp3) is 0.190. The summed E-state index contributed by atoms with van der Waals surface area (Å²) in [6.07, 6.45) is 2.46. The first-order valence-corrected chi connectivity index (χ1v) is 12.2. The molecule has 0 radical (unpaired) electrons. The number of aryl methyl sites for hydroxylation is 1. The highest BCUT2D eigenvalue weighted by molar-refractivity contribution is 9.10. The molecule has 0 unspecified atom stereocenters. The van der Waals surface area contributed by atoms with Crippen molar-refractivity contribution in [3.63, 3.8) is 0 Å². The number of methoxy groups -OCH3 is 2. The van der Waals surface area contributed by atoms with E-state index in [2.05, 4.69) is 35.8 Å². The fourth-order valence-electron chi connectivity index (χ4n) is 3.09. The Bertz CT molecular complexity index is 1180. The second-order valence-electron chi connectivity index (χ2n) is 6.47. The summed E-state index contributed by atoms with van der Waals surface area (Å²) in [5.41, 5.74) is 1.70. The first-order chi connectivity index (χ1) is 15.6. The van der Waals surface area contributed by atoms with Crippen molar-refractivity contribution in [2.45, 2.75) is 6.42 Å². The third-order valence-corrected chi connectivity index (χ3v) is 6.81. The van der Waals surface area contributed by atoms with Crippen molar-refractivity contribution >= 4 is 45.2 Å². The molecule has 2 aromatic heterocycles. The Hall–Kier alpha value is -2.63. The molecule has 0 fully saturated rings. The molecule has 0 saturated carbocycles. The van der Waals surface area contributed by atoms with Crippen molar-refractivity contribution in [1.82, 2.24) is 19.7 Å². The van der Waals surface area contributed by atoms with Crippen LogP contribution in [0.2, 0.25) is 0 Å². The van der Waals surface area contributed by atoms with E-state index in [4.69, 9.17) is 9.47 Å². The molecule has 11 heteroatoms. The number of halogens is 2. The van der Waals surface area contributed by atoms with Crippen LogP contribution in [0.1, 0.15) is 5.56 Å². The average molecular weight is 536 g/mol. The first kappa shape index (κ1) is 22.6. The zero-order chi connectivity index (χ0) is 22.5. The molecule has 2 aromatic carbocycles. The third kappa shape index (κ3) is 4.74. The molecule has 0 aliphatic heterocycles. The molecular weight excluding hydrogens is 517 g/mol. The molecule has 166 valence electrons. The van der Waals surface area contributed by atoms with Gasteiger partial charge in [-0.25, -0.2) is 9.37 Å². The van der Waals surface area contributed by atoms with Gasteiger partial charge < -0.3 is 9.47 Å². The Labute approximate surface area is 201 Å². The molecule has 0 spiro atoms. The van der Waals surface area contributed by atoms with Gasteiger partial charge in [-0.1, -0.05) is 28.1 Å². The van der Waals surface area contributed by atoms with Crippen molar-refractivity contribution in [3.8, 4) is 28.0 Å². The molecule has 4 rings (SSSR count). The van der Waals surface area contributed by atoms with E-state index in [0.29, 0.717) is 29.0 Å². The van der Waals surface area contributed by atoms with E-state index in [9.17, 15) is 4.39 Å². The summed E-state index contributed by atoms with van der Waals surface area (Å²) in [7, 11) is 3.21. The average Bonchev–Trinajstić information content (AvgIpc) is 3.47. The zero-order valence-corrected chi connectivity index (χ0v) is 20.4. The van der Waals surface area contributed by atoms with Crippen LogP contribution in [0.25, 0.3) is 16.5 Å². The van der Waals surface area contributed by atoms with E-state index in [-0.39, 0.29) is 5.82 Å². The van der Waals surface area contributed by atoms with Crippen molar-refractivity contribution in [2.75, 3.05) is 24.7 Å². The van der Waals surface area contributed by atoms with E-state index in [0.717, 1.165) is 27.2 Å². The minimum absolute atomic E-state index is 0.264. The maximum absolute atomic E-state index is 13.3.